The molecule has 3 unspecified atom stereocenters. The third-order valence-electron chi connectivity index (χ3n) is 5.21. The van der Waals surface area contributed by atoms with Crippen LogP contribution < -0.4 is 15.4 Å². The van der Waals surface area contributed by atoms with Gasteiger partial charge in [-0.25, -0.2) is 0 Å². The van der Waals surface area contributed by atoms with Crippen molar-refractivity contribution in [3.8, 4) is 5.75 Å². The first-order valence-corrected chi connectivity index (χ1v) is 9.01. The highest BCUT2D eigenvalue weighted by Gasteiger charge is 2.35. The average Bonchev–Trinajstić information content (AvgIpc) is 2.98. The predicted molar refractivity (Wildman–Crippen MR) is 102 cm³/mol. The topological polar surface area (TPSA) is 70.7 Å². The van der Waals surface area contributed by atoms with Crippen LogP contribution in [0.5, 0.6) is 5.75 Å². The van der Waals surface area contributed by atoms with E-state index < -0.39 is 0 Å². The highest BCUT2D eigenvalue weighted by Crippen LogP contribution is 2.22. The lowest BCUT2D eigenvalue weighted by Gasteiger charge is -2.31. The Hall–Kier alpha value is -1.79. The van der Waals surface area contributed by atoms with Gasteiger partial charge in [-0.3, -0.25) is 9.59 Å². The summed E-state index contributed by atoms with van der Waals surface area (Å²) in [6.45, 7) is 4.13. The van der Waals surface area contributed by atoms with Crippen LogP contribution in [0.2, 0.25) is 0 Å². The van der Waals surface area contributed by atoms with Gasteiger partial charge in [0.05, 0.1) is 13.0 Å². The fourth-order valence-corrected chi connectivity index (χ4v) is 3.59. The van der Waals surface area contributed by atoms with Crippen molar-refractivity contribution in [1.29, 1.82) is 0 Å². The van der Waals surface area contributed by atoms with Crippen LogP contribution in [0.15, 0.2) is 24.3 Å². The zero-order valence-corrected chi connectivity index (χ0v) is 16.2. The molecule has 1 aromatic rings. The molecule has 0 aromatic heterocycles. The number of nitrogens with one attached hydrogen (secondary N) is 2. The van der Waals surface area contributed by atoms with Gasteiger partial charge in [-0.1, -0.05) is 12.1 Å². The minimum Gasteiger partial charge on any atom is -0.497 e. The molecule has 2 amide bonds. The van der Waals surface area contributed by atoms with Gasteiger partial charge < -0.3 is 20.3 Å². The van der Waals surface area contributed by atoms with Gasteiger partial charge in [0.25, 0.3) is 0 Å². The monoisotopic (exact) mass is 381 g/mol. The molecule has 2 N–H and O–H groups in total. The maximum atomic E-state index is 12.6. The largest absolute Gasteiger partial charge is 0.497 e. The molecule has 3 atom stereocenters. The summed E-state index contributed by atoms with van der Waals surface area (Å²) in [5.74, 6) is 0.598. The smallest absolute Gasteiger partial charge is 0.225 e. The molecule has 7 heteroatoms. The normalized spacial score (nSPS) is 25.5. The second kappa shape index (κ2) is 9.24. The van der Waals surface area contributed by atoms with Crippen LogP contribution in [0.4, 0.5) is 0 Å². The van der Waals surface area contributed by atoms with Crippen LogP contribution in [0.3, 0.4) is 0 Å². The van der Waals surface area contributed by atoms with Gasteiger partial charge in [-0.2, -0.15) is 0 Å². The summed E-state index contributed by atoms with van der Waals surface area (Å²) >= 11 is 0. The molecule has 0 aliphatic carbocycles. The van der Waals surface area contributed by atoms with Crippen molar-refractivity contribution in [3.05, 3.63) is 29.8 Å². The Labute approximate surface area is 161 Å². The summed E-state index contributed by atoms with van der Waals surface area (Å²) in [6, 6.07) is 8.12. The van der Waals surface area contributed by atoms with Crippen molar-refractivity contribution in [1.82, 2.24) is 15.5 Å². The average molecular weight is 382 g/mol. The van der Waals surface area contributed by atoms with Gasteiger partial charge in [-0.05, 0) is 44.0 Å². The predicted octanol–water partition coefficient (Wildman–Crippen LogP) is 1.72. The molecule has 2 saturated heterocycles. The number of methoxy groups -OCH3 is 1. The first-order valence-electron chi connectivity index (χ1n) is 9.01. The highest BCUT2D eigenvalue weighted by molar-refractivity contribution is 5.89. The molecule has 2 fully saturated rings. The van der Waals surface area contributed by atoms with E-state index in [1.165, 1.54) is 0 Å². The van der Waals surface area contributed by atoms with Crippen molar-refractivity contribution in [2.24, 2.45) is 5.92 Å². The SMILES string of the molecule is COc1ccc(CN2CC(C(=O)NC3CCCNC3C)CC2=O)cc1.Cl. The van der Waals surface area contributed by atoms with Crippen molar-refractivity contribution in [2.45, 2.75) is 44.8 Å². The molecule has 0 bridgehead atoms. The maximum Gasteiger partial charge on any atom is 0.225 e. The summed E-state index contributed by atoms with van der Waals surface area (Å²) in [7, 11) is 1.63. The number of nitrogens with zero attached hydrogens (tertiary/aromatic N) is 1. The minimum atomic E-state index is -0.250. The van der Waals surface area contributed by atoms with E-state index in [1.807, 2.05) is 24.3 Å². The summed E-state index contributed by atoms with van der Waals surface area (Å²) in [4.78, 5) is 26.6. The lowest BCUT2D eigenvalue weighted by Crippen LogP contribution is -2.53. The van der Waals surface area contributed by atoms with E-state index in [2.05, 4.69) is 17.6 Å². The quantitative estimate of drug-likeness (QED) is 0.814. The second-order valence-electron chi connectivity index (χ2n) is 7.02. The van der Waals surface area contributed by atoms with Crippen LogP contribution in [-0.2, 0) is 16.1 Å². The summed E-state index contributed by atoms with van der Waals surface area (Å²) < 4.78 is 5.15. The number of benzene rings is 1. The Balaban J connectivity index is 0.00000243. The standard InChI is InChI=1S/C19H27N3O3.ClH/c1-13-17(4-3-9-20-13)21-19(24)15-10-18(23)22(12-15)11-14-5-7-16(25-2)8-6-14;/h5-8,13,15,17,20H,3-4,9-12H2,1-2H3,(H,21,24);1H. The van der Waals surface area contributed by atoms with Crippen LogP contribution in [0, 0.1) is 5.92 Å². The fraction of sp³-hybridized carbons (Fsp3) is 0.579. The van der Waals surface area contributed by atoms with Crippen LogP contribution in [0.1, 0.15) is 31.7 Å². The van der Waals surface area contributed by atoms with Crippen molar-refractivity contribution < 1.29 is 14.3 Å². The zero-order valence-electron chi connectivity index (χ0n) is 15.4. The summed E-state index contributed by atoms with van der Waals surface area (Å²) in [5.41, 5.74) is 1.04. The number of carbonyl (C=O) groups is 2. The molecule has 2 heterocycles. The molecule has 1 aromatic carbocycles. The van der Waals surface area contributed by atoms with Crippen LogP contribution in [-0.4, -0.2) is 49.0 Å². The van der Waals surface area contributed by atoms with Gasteiger partial charge in [0.15, 0.2) is 0 Å². The Bertz CT molecular complexity index is 623. The van der Waals surface area contributed by atoms with Crippen molar-refractivity contribution in [3.63, 3.8) is 0 Å². The van der Waals surface area contributed by atoms with Crippen molar-refractivity contribution in [2.75, 3.05) is 20.2 Å². The lowest BCUT2D eigenvalue weighted by atomic mass is 9.98. The third kappa shape index (κ3) is 4.89. The van der Waals surface area contributed by atoms with E-state index in [0.717, 1.165) is 30.7 Å². The zero-order chi connectivity index (χ0) is 17.8. The van der Waals surface area contributed by atoms with Gasteiger partial charge in [0.1, 0.15) is 5.75 Å². The Morgan fingerprint density at radius 1 is 1.35 bits per heavy atom. The number of likely N-dealkylation sites (tertiary alicyclic amines) is 1. The number of hydrogen-bond donors (Lipinski definition) is 2. The molecule has 0 spiro atoms. The first-order chi connectivity index (χ1) is 12.1. The molecule has 0 radical (unpaired) electrons. The Morgan fingerprint density at radius 2 is 2.08 bits per heavy atom. The Morgan fingerprint density at radius 3 is 2.73 bits per heavy atom. The molecule has 144 valence electrons. The number of halogens is 1. The molecule has 3 rings (SSSR count). The molecular weight excluding hydrogens is 354 g/mol. The summed E-state index contributed by atoms with van der Waals surface area (Å²) in [5, 5.41) is 6.52. The van der Waals surface area contributed by atoms with Gasteiger partial charge in [0, 0.05) is 31.6 Å². The number of amides is 2. The second-order valence-corrected chi connectivity index (χ2v) is 7.02. The highest BCUT2D eigenvalue weighted by atomic mass is 35.5. The van der Waals surface area contributed by atoms with E-state index in [4.69, 9.17) is 4.74 Å². The number of hydrogen-bond acceptors (Lipinski definition) is 4. The molecule has 6 nitrogen and oxygen atoms in total. The van der Waals surface area contributed by atoms with Crippen molar-refractivity contribution >= 4 is 24.2 Å². The molecule has 0 saturated carbocycles. The molecule has 2 aliphatic rings. The third-order valence-corrected chi connectivity index (χ3v) is 5.21. The molecule has 26 heavy (non-hydrogen) atoms. The van der Waals surface area contributed by atoms with E-state index in [9.17, 15) is 9.59 Å². The van der Waals surface area contributed by atoms with Gasteiger partial charge >= 0.3 is 0 Å². The van der Waals surface area contributed by atoms with E-state index in [0.29, 0.717) is 19.5 Å². The summed E-state index contributed by atoms with van der Waals surface area (Å²) in [6.07, 6.45) is 2.37. The number of carbonyl (C=O) groups excluding carboxylic acids is 2. The van der Waals surface area contributed by atoms with E-state index >= 15 is 0 Å². The minimum absolute atomic E-state index is 0. The Kier molecular flexibility index (Phi) is 7.29. The lowest BCUT2D eigenvalue weighted by molar-refractivity contribution is -0.129. The van der Waals surface area contributed by atoms with E-state index in [1.54, 1.807) is 12.0 Å². The van der Waals surface area contributed by atoms with Gasteiger partial charge in [-0.15, -0.1) is 12.4 Å². The molecular formula is C19H28ClN3O3. The number of rotatable bonds is 5. The maximum absolute atomic E-state index is 12.6. The number of piperidine rings is 1. The first kappa shape index (κ1) is 20.5. The van der Waals surface area contributed by atoms with Crippen LogP contribution >= 0.6 is 12.4 Å². The van der Waals surface area contributed by atoms with Crippen LogP contribution in [0.25, 0.3) is 0 Å². The van der Waals surface area contributed by atoms with Gasteiger partial charge in [0.2, 0.25) is 11.8 Å². The molecule has 2 aliphatic heterocycles. The van der Waals surface area contributed by atoms with E-state index in [-0.39, 0.29) is 42.2 Å². The fourth-order valence-electron chi connectivity index (χ4n) is 3.59. The number of ether oxygens (including phenoxy) is 1.